The lowest BCUT2D eigenvalue weighted by molar-refractivity contribution is -0.277. The topological polar surface area (TPSA) is 121 Å². The summed E-state index contributed by atoms with van der Waals surface area (Å²) in [4.78, 5) is 0. The van der Waals surface area contributed by atoms with Gasteiger partial charge in [0.2, 0.25) is 6.29 Å². The van der Waals surface area contributed by atoms with Crippen molar-refractivity contribution >= 4 is 5.69 Å². The van der Waals surface area contributed by atoms with E-state index in [1.807, 2.05) is 18.2 Å². The summed E-state index contributed by atoms with van der Waals surface area (Å²) in [6.45, 7) is 13.0. The van der Waals surface area contributed by atoms with Gasteiger partial charge in [0.1, 0.15) is 30.2 Å². The van der Waals surface area contributed by atoms with Crippen molar-refractivity contribution in [2.75, 3.05) is 11.9 Å². The Bertz CT molecular complexity index is 798. The van der Waals surface area contributed by atoms with Crippen LogP contribution in [-0.4, -0.2) is 68.9 Å². The summed E-state index contributed by atoms with van der Waals surface area (Å²) in [5, 5.41) is 44.1. The number of ether oxygens (including phenoxy) is 3. The molecule has 0 amide bonds. The fourth-order valence-corrected chi connectivity index (χ4v) is 4.96. The third-order valence-electron chi connectivity index (χ3n) is 7.58. The average Bonchev–Trinajstić information content (AvgIpc) is 2.88. The molecule has 1 saturated heterocycles. The van der Waals surface area contributed by atoms with Crippen LogP contribution >= 0.6 is 0 Å². The fourth-order valence-electron chi connectivity index (χ4n) is 4.96. The highest BCUT2D eigenvalue weighted by atomic mass is 16.7. The molecular weight excluding hydrogens is 474 g/mol. The van der Waals surface area contributed by atoms with Gasteiger partial charge in [0.25, 0.3) is 0 Å². The molecule has 1 aliphatic rings. The average molecular weight is 526 g/mol. The zero-order chi connectivity index (χ0) is 27.6. The molecule has 0 radical (unpaired) electrons. The normalized spacial score (nSPS) is 26.1. The number of hydrogen-bond donors (Lipinski definition) is 5. The Labute approximate surface area is 223 Å². The molecule has 0 aromatic heterocycles. The summed E-state index contributed by atoms with van der Waals surface area (Å²) < 4.78 is 18.1. The van der Waals surface area contributed by atoms with Crippen LogP contribution in [0.3, 0.4) is 0 Å². The van der Waals surface area contributed by atoms with Gasteiger partial charge in [-0.05, 0) is 57.2 Å². The molecule has 1 aromatic carbocycles. The first kappa shape index (κ1) is 31.8. The van der Waals surface area contributed by atoms with Crippen molar-refractivity contribution in [2.45, 2.75) is 141 Å². The summed E-state index contributed by atoms with van der Waals surface area (Å²) in [6, 6.07) is 5.75. The second kappa shape index (κ2) is 14.7. The highest BCUT2D eigenvalue weighted by molar-refractivity contribution is 5.59. The second-order valence-electron chi connectivity index (χ2n) is 11.0. The smallest absolute Gasteiger partial charge is 0.229 e. The predicted octanol–water partition coefficient (Wildman–Crippen LogP) is 4.51. The van der Waals surface area contributed by atoms with E-state index in [-0.39, 0.29) is 11.1 Å². The zero-order valence-corrected chi connectivity index (χ0v) is 23.7. The Hall–Kier alpha value is -1.42. The predicted molar refractivity (Wildman–Crippen MR) is 146 cm³/mol. The van der Waals surface area contributed by atoms with Crippen molar-refractivity contribution in [3.8, 4) is 5.75 Å². The lowest BCUT2D eigenvalue weighted by atomic mass is 9.91. The van der Waals surface area contributed by atoms with E-state index in [1.54, 1.807) is 0 Å². The number of nitrogens with one attached hydrogen (secondary N) is 1. The Kier molecular flexibility index (Phi) is 12.6. The lowest BCUT2D eigenvalue weighted by Gasteiger charge is -2.40. The number of unbranched alkanes of at least 4 members (excludes halogenated alkanes) is 1. The monoisotopic (exact) mass is 525 g/mol. The molecule has 8 heteroatoms. The van der Waals surface area contributed by atoms with Crippen LogP contribution in [-0.2, 0) is 16.1 Å². The number of aliphatic hydroxyl groups is 4. The Balaban J connectivity index is 2.34. The van der Waals surface area contributed by atoms with E-state index in [0.29, 0.717) is 12.4 Å². The van der Waals surface area contributed by atoms with Gasteiger partial charge >= 0.3 is 0 Å². The zero-order valence-electron chi connectivity index (χ0n) is 23.7. The van der Waals surface area contributed by atoms with Crippen molar-refractivity contribution in [2.24, 2.45) is 0 Å². The number of hydrogen-bond acceptors (Lipinski definition) is 8. The van der Waals surface area contributed by atoms with Crippen LogP contribution in [0.2, 0.25) is 0 Å². The Morgan fingerprint density at radius 2 is 1.59 bits per heavy atom. The molecule has 37 heavy (non-hydrogen) atoms. The summed E-state index contributed by atoms with van der Waals surface area (Å²) in [5.74, 6) is 0.453. The van der Waals surface area contributed by atoms with Gasteiger partial charge in [0, 0.05) is 5.54 Å². The van der Waals surface area contributed by atoms with E-state index < -0.39 is 37.3 Å². The number of rotatable bonds is 16. The van der Waals surface area contributed by atoms with E-state index in [1.165, 1.54) is 0 Å². The molecule has 6 unspecified atom stereocenters. The van der Waals surface area contributed by atoms with Gasteiger partial charge in [-0.3, -0.25) is 0 Å². The van der Waals surface area contributed by atoms with Crippen molar-refractivity contribution in [1.82, 2.24) is 0 Å². The largest absolute Gasteiger partial charge is 0.460 e. The van der Waals surface area contributed by atoms with Crippen LogP contribution in [0.4, 0.5) is 5.69 Å². The molecule has 1 aromatic rings. The van der Waals surface area contributed by atoms with Crippen LogP contribution < -0.4 is 10.1 Å². The maximum atomic E-state index is 10.5. The van der Waals surface area contributed by atoms with Gasteiger partial charge in [0.15, 0.2) is 0 Å². The third-order valence-corrected chi connectivity index (χ3v) is 7.58. The summed E-state index contributed by atoms with van der Waals surface area (Å²) in [6.07, 6.45) is 1.45. The molecule has 0 saturated carbocycles. The quantitative estimate of drug-likeness (QED) is 0.214. The molecule has 1 fully saturated rings. The molecular formula is C29H51NO7. The van der Waals surface area contributed by atoms with Crippen molar-refractivity contribution in [3.05, 3.63) is 23.8 Å². The van der Waals surface area contributed by atoms with E-state index in [4.69, 9.17) is 14.2 Å². The van der Waals surface area contributed by atoms with E-state index in [0.717, 1.165) is 62.6 Å². The van der Waals surface area contributed by atoms with Gasteiger partial charge in [-0.25, -0.2) is 0 Å². The molecule has 214 valence electrons. The van der Waals surface area contributed by atoms with Crippen LogP contribution in [0.1, 0.15) is 98.5 Å². The second-order valence-corrected chi connectivity index (χ2v) is 11.0. The molecule has 0 spiro atoms. The SMILES string of the molecule is CCCCC(C)(CC)Nc1cc(COC(C)(CCC)CCC)ccc1OC1OC(CO)C(O)C(O)C1O. The van der Waals surface area contributed by atoms with Gasteiger partial charge in [-0.2, -0.15) is 0 Å². The lowest BCUT2D eigenvalue weighted by Crippen LogP contribution is -2.60. The molecule has 1 heterocycles. The third kappa shape index (κ3) is 8.80. The van der Waals surface area contributed by atoms with Crippen LogP contribution in [0, 0.1) is 0 Å². The Morgan fingerprint density at radius 3 is 2.16 bits per heavy atom. The maximum Gasteiger partial charge on any atom is 0.229 e. The number of aliphatic hydroxyl groups excluding tert-OH is 4. The fraction of sp³-hybridized carbons (Fsp3) is 0.793. The summed E-state index contributed by atoms with van der Waals surface area (Å²) in [7, 11) is 0. The first-order valence-electron chi connectivity index (χ1n) is 14.1. The molecule has 6 atom stereocenters. The van der Waals surface area contributed by atoms with Crippen molar-refractivity contribution in [3.63, 3.8) is 0 Å². The van der Waals surface area contributed by atoms with Gasteiger partial charge in [-0.1, -0.05) is 59.4 Å². The van der Waals surface area contributed by atoms with Crippen molar-refractivity contribution < 1.29 is 34.6 Å². The van der Waals surface area contributed by atoms with Gasteiger partial charge in [-0.15, -0.1) is 0 Å². The van der Waals surface area contributed by atoms with E-state index in [2.05, 4.69) is 46.9 Å². The molecule has 2 rings (SSSR count). The van der Waals surface area contributed by atoms with Crippen LogP contribution in [0.15, 0.2) is 18.2 Å². The first-order valence-corrected chi connectivity index (χ1v) is 14.1. The Morgan fingerprint density at radius 1 is 0.919 bits per heavy atom. The van der Waals surface area contributed by atoms with Crippen LogP contribution in [0.5, 0.6) is 5.75 Å². The van der Waals surface area contributed by atoms with E-state index in [9.17, 15) is 20.4 Å². The highest BCUT2D eigenvalue weighted by Gasteiger charge is 2.45. The minimum atomic E-state index is -1.50. The maximum absolute atomic E-state index is 10.5. The van der Waals surface area contributed by atoms with E-state index >= 15 is 0 Å². The summed E-state index contributed by atoms with van der Waals surface area (Å²) in [5.41, 5.74) is 1.38. The minimum absolute atomic E-state index is 0.179. The first-order chi connectivity index (χ1) is 17.5. The summed E-state index contributed by atoms with van der Waals surface area (Å²) >= 11 is 0. The minimum Gasteiger partial charge on any atom is -0.460 e. The highest BCUT2D eigenvalue weighted by Crippen LogP contribution is 2.35. The molecule has 0 aliphatic carbocycles. The number of anilines is 1. The number of benzene rings is 1. The van der Waals surface area contributed by atoms with Gasteiger partial charge in [0.05, 0.1) is 24.5 Å². The molecule has 8 nitrogen and oxygen atoms in total. The standard InChI is InChI=1S/C29H51NO7/c1-7-11-16-28(5,10-4)30-21-17-20(19-35-29(6,14-8-2)15-9-3)12-13-22(21)36-27-26(34)25(33)24(32)23(18-31)37-27/h12-13,17,23-27,30-34H,7-11,14-16,18-19H2,1-6H3. The molecule has 1 aliphatic heterocycles. The van der Waals surface area contributed by atoms with Crippen LogP contribution in [0.25, 0.3) is 0 Å². The van der Waals surface area contributed by atoms with Crippen molar-refractivity contribution in [1.29, 1.82) is 0 Å². The molecule has 0 bridgehead atoms. The molecule has 5 N–H and O–H groups in total. The van der Waals surface area contributed by atoms with Gasteiger partial charge < -0.3 is 40.0 Å².